The van der Waals surface area contributed by atoms with Gasteiger partial charge in [-0.1, -0.05) is 18.5 Å². The molecule has 1 aromatic rings. The number of urea groups is 1. The predicted molar refractivity (Wildman–Crippen MR) is 89.4 cm³/mol. The van der Waals surface area contributed by atoms with Crippen molar-refractivity contribution < 1.29 is 18.7 Å². The van der Waals surface area contributed by atoms with Crippen molar-refractivity contribution in [3.8, 4) is 5.75 Å². The molecule has 1 fully saturated rings. The van der Waals surface area contributed by atoms with Crippen molar-refractivity contribution in [2.24, 2.45) is 5.73 Å². The number of carbonyl (C=O) groups excluding carboxylic acids is 2. The molecule has 1 aliphatic rings. The molecule has 0 aromatic heterocycles. The van der Waals surface area contributed by atoms with Gasteiger partial charge in [-0.25, -0.2) is 14.1 Å². The topological polar surface area (TPSA) is 96.5 Å². The van der Waals surface area contributed by atoms with Gasteiger partial charge < -0.3 is 10.5 Å². The first-order chi connectivity index (χ1) is 11.3. The summed E-state index contributed by atoms with van der Waals surface area (Å²) in [6, 6.07) is 0.980. The zero-order chi connectivity index (χ0) is 17.9. The van der Waals surface area contributed by atoms with E-state index >= 15 is 0 Å². The van der Waals surface area contributed by atoms with Crippen LogP contribution in [0.1, 0.15) is 39.0 Å². The number of nitrogens with two attached hydrogens (primary N) is 1. The number of halogens is 2. The Morgan fingerprint density at radius 1 is 1.42 bits per heavy atom. The van der Waals surface area contributed by atoms with Crippen molar-refractivity contribution in [3.63, 3.8) is 0 Å². The van der Waals surface area contributed by atoms with E-state index in [4.69, 9.17) is 27.5 Å². The SMILES string of the molecule is CCC(=N)C(=O)N(C(N)=O)c1cc(OC2CCCC2)c(Cl)cc1F. The Kier molecular flexibility index (Phi) is 5.77. The molecule has 130 valence electrons. The fourth-order valence-corrected chi connectivity index (χ4v) is 2.78. The second-order valence-electron chi connectivity index (χ2n) is 5.57. The number of hydrogen-bond donors (Lipinski definition) is 2. The van der Waals surface area contributed by atoms with Crippen LogP contribution in [0.3, 0.4) is 0 Å². The summed E-state index contributed by atoms with van der Waals surface area (Å²) in [6.45, 7) is 1.58. The Labute approximate surface area is 144 Å². The Balaban J connectivity index is 2.40. The molecule has 3 N–H and O–H groups in total. The summed E-state index contributed by atoms with van der Waals surface area (Å²) < 4.78 is 20.0. The minimum atomic E-state index is -1.17. The summed E-state index contributed by atoms with van der Waals surface area (Å²) in [6.07, 6.45) is 3.85. The second-order valence-corrected chi connectivity index (χ2v) is 5.98. The lowest BCUT2D eigenvalue weighted by Crippen LogP contribution is -2.44. The molecule has 0 aliphatic heterocycles. The third kappa shape index (κ3) is 3.84. The molecule has 2 rings (SSSR count). The maximum atomic E-state index is 14.3. The molecule has 0 spiro atoms. The van der Waals surface area contributed by atoms with Crippen molar-refractivity contribution >= 4 is 34.9 Å². The summed E-state index contributed by atoms with van der Waals surface area (Å²) >= 11 is 6.01. The van der Waals surface area contributed by atoms with Crippen LogP contribution in [0.25, 0.3) is 0 Å². The number of amides is 3. The fourth-order valence-electron chi connectivity index (χ4n) is 2.58. The molecule has 0 atom stereocenters. The highest BCUT2D eigenvalue weighted by molar-refractivity contribution is 6.46. The highest BCUT2D eigenvalue weighted by Gasteiger charge is 2.28. The molecular weight excluding hydrogens is 337 g/mol. The summed E-state index contributed by atoms with van der Waals surface area (Å²) in [5.41, 5.74) is 4.48. The summed E-state index contributed by atoms with van der Waals surface area (Å²) in [5, 5.41) is 7.63. The average molecular weight is 356 g/mol. The molecular formula is C16H19ClFN3O3. The molecule has 1 saturated carbocycles. The van der Waals surface area contributed by atoms with E-state index in [1.165, 1.54) is 6.07 Å². The number of rotatable bonds is 5. The number of imide groups is 1. The highest BCUT2D eigenvalue weighted by atomic mass is 35.5. The smallest absolute Gasteiger partial charge is 0.326 e. The summed E-state index contributed by atoms with van der Waals surface area (Å²) in [5.74, 6) is -1.69. The van der Waals surface area contributed by atoms with E-state index in [1.807, 2.05) is 0 Å². The quantitative estimate of drug-likeness (QED) is 0.789. The van der Waals surface area contributed by atoms with E-state index in [0.717, 1.165) is 31.7 Å². The van der Waals surface area contributed by atoms with Crippen LogP contribution in [-0.2, 0) is 4.79 Å². The lowest BCUT2D eigenvalue weighted by atomic mass is 10.2. The molecule has 0 radical (unpaired) electrons. The number of primary amides is 1. The average Bonchev–Trinajstić information content (AvgIpc) is 3.03. The minimum absolute atomic E-state index is 0.0347. The molecule has 8 heteroatoms. The van der Waals surface area contributed by atoms with E-state index in [1.54, 1.807) is 6.92 Å². The third-order valence-corrected chi connectivity index (χ3v) is 4.17. The Morgan fingerprint density at radius 3 is 2.58 bits per heavy atom. The first-order valence-electron chi connectivity index (χ1n) is 7.72. The number of carbonyl (C=O) groups is 2. The number of anilines is 1. The van der Waals surface area contributed by atoms with Gasteiger partial charge in [0.05, 0.1) is 22.5 Å². The van der Waals surface area contributed by atoms with E-state index in [9.17, 15) is 14.0 Å². The van der Waals surface area contributed by atoms with Crippen LogP contribution in [0.4, 0.5) is 14.9 Å². The van der Waals surface area contributed by atoms with Crippen LogP contribution < -0.4 is 15.4 Å². The van der Waals surface area contributed by atoms with Gasteiger partial charge in [-0.15, -0.1) is 0 Å². The lowest BCUT2D eigenvalue weighted by molar-refractivity contribution is -0.112. The van der Waals surface area contributed by atoms with Crippen LogP contribution in [0.2, 0.25) is 5.02 Å². The van der Waals surface area contributed by atoms with Crippen molar-refractivity contribution in [2.75, 3.05) is 4.90 Å². The van der Waals surface area contributed by atoms with Gasteiger partial charge in [0.25, 0.3) is 5.91 Å². The molecule has 6 nitrogen and oxygen atoms in total. The van der Waals surface area contributed by atoms with Gasteiger partial charge in [0.1, 0.15) is 11.6 Å². The van der Waals surface area contributed by atoms with Crippen LogP contribution in [0, 0.1) is 11.2 Å². The van der Waals surface area contributed by atoms with Gasteiger partial charge >= 0.3 is 6.03 Å². The summed E-state index contributed by atoms with van der Waals surface area (Å²) in [7, 11) is 0. The normalized spacial score (nSPS) is 14.5. The van der Waals surface area contributed by atoms with Crippen molar-refractivity contribution in [2.45, 2.75) is 45.1 Å². The number of hydrogen-bond acceptors (Lipinski definition) is 4. The van der Waals surface area contributed by atoms with Gasteiger partial charge in [-0.2, -0.15) is 0 Å². The zero-order valence-corrected chi connectivity index (χ0v) is 14.0. The maximum absolute atomic E-state index is 14.3. The molecule has 1 aliphatic carbocycles. The molecule has 1 aromatic carbocycles. The van der Waals surface area contributed by atoms with E-state index in [0.29, 0.717) is 4.90 Å². The largest absolute Gasteiger partial charge is 0.489 e. The van der Waals surface area contributed by atoms with Gasteiger partial charge in [0.15, 0.2) is 0 Å². The Bertz CT molecular complexity index is 675. The van der Waals surface area contributed by atoms with Gasteiger partial charge in [0, 0.05) is 6.07 Å². The Hall–Kier alpha value is -2.15. The fraction of sp³-hybridized carbons (Fsp3) is 0.438. The maximum Gasteiger partial charge on any atom is 0.326 e. The molecule has 0 heterocycles. The van der Waals surface area contributed by atoms with E-state index in [-0.39, 0.29) is 34.7 Å². The zero-order valence-electron chi connectivity index (χ0n) is 13.3. The first kappa shape index (κ1) is 18.2. The molecule has 0 bridgehead atoms. The van der Waals surface area contributed by atoms with Gasteiger partial charge in [-0.05, 0) is 38.2 Å². The minimum Gasteiger partial charge on any atom is -0.489 e. The van der Waals surface area contributed by atoms with E-state index in [2.05, 4.69) is 0 Å². The Morgan fingerprint density at radius 2 is 2.04 bits per heavy atom. The van der Waals surface area contributed by atoms with Crippen LogP contribution in [0.15, 0.2) is 12.1 Å². The van der Waals surface area contributed by atoms with Gasteiger partial charge in [0.2, 0.25) is 0 Å². The molecule has 3 amide bonds. The third-order valence-electron chi connectivity index (χ3n) is 3.87. The molecule has 24 heavy (non-hydrogen) atoms. The second kappa shape index (κ2) is 7.61. The van der Waals surface area contributed by atoms with Gasteiger partial charge in [-0.3, -0.25) is 10.2 Å². The lowest BCUT2D eigenvalue weighted by Gasteiger charge is -2.21. The monoisotopic (exact) mass is 355 g/mol. The number of nitrogens with zero attached hydrogens (tertiary/aromatic N) is 1. The standard InChI is InChI=1S/C16H19ClFN3O3/c1-2-12(19)15(22)21(16(20)23)13-8-14(10(17)7-11(13)18)24-9-5-3-4-6-9/h7-9,19H,2-6H2,1H3,(H2,20,23). The summed E-state index contributed by atoms with van der Waals surface area (Å²) in [4.78, 5) is 24.2. The van der Waals surface area contributed by atoms with Crippen LogP contribution in [0.5, 0.6) is 5.75 Å². The predicted octanol–water partition coefficient (Wildman–Crippen LogP) is 3.64. The number of nitrogens with one attached hydrogen (secondary N) is 1. The molecule has 0 saturated heterocycles. The highest BCUT2D eigenvalue weighted by Crippen LogP contribution is 2.35. The molecule has 0 unspecified atom stereocenters. The van der Waals surface area contributed by atoms with Crippen LogP contribution in [-0.4, -0.2) is 23.8 Å². The van der Waals surface area contributed by atoms with Crippen molar-refractivity contribution in [3.05, 3.63) is 23.0 Å². The van der Waals surface area contributed by atoms with Crippen molar-refractivity contribution in [1.29, 1.82) is 5.41 Å². The number of ether oxygens (including phenoxy) is 1. The van der Waals surface area contributed by atoms with Crippen molar-refractivity contribution in [1.82, 2.24) is 0 Å². The van der Waals surface area contributed by atoms with Crippen LogP contribution >= 0.6 is 11.6 Å². The first-order valence-corrected chi connectivity index (χ1v) is 8.10. The number of benzene rings is 1. The van der Waals surface area contributed by atoms with E-state index < -0.39 is 17.8 Å².